The Kier molecular flexibility index (Phi) is 5.74. The molecule has 0 unspecified atom stereocenters. The van der Waals surface area contributed by atoms with Crippen molar-refractivity contribution in [2.45, 2.75) is 41.5 Å². The van der Waals surface area contributed by atoms with Crippen LogP contribution in [0.4, 0.5) is 0 Å². The van der Waals surface area contributed by atoms with E-state index in [0.29, 0.717) is 13.2 Å². The monoisotopic (exact) mass is 302 g/mol. The molecule has 0 aromatic rings. The van der Waals surface area contributed by atoms with Crippen LogP contribution in [0.3, 0.4) is 0 Å². The molecule has 1 N–H and O–H groups in total. The maximum absolute atomic E-state index is 9.85. The first-order valence-electron chi connectivity index (χ1n) is 5.03. The summed E-state index contributed by atoms with van der Waals surface area (Å²) in [5, 5.41) is 0. The molecule has 0 bridgehead atoms. The van der Waals surface area contributed by atoms with E-state index in [1.807, 2.05) is 0 Å². The summed E-state index contributed by atoms with van der Waals surface area (Å²) in [4.78, 5) is 9.85. The van der Waals surface area contributed by atoms with E-state index in [0.717, 1.165) is 0 Å². The summed E-state index contributed by atoms with van der Waals surface area (Å²) < 4.78 is 10.8. The summed E-state index contributed by atoms with van der Waals surface area (Å²) in [6.45, 7) is 13.3. The van der Waals surface area contributed by atoms with E-state index in [4.69, 9.17) is 9.05 Å². The molecule has 15 heavy (non-hydrogen) atoms. The molecule has 0 saturated heterocycles. The van der Waals surface area contributed by atoms with Crippen molar-refractivity contribution in [1.82, 2.24) is 0 Å². The fraction of sp³-hybridized carbons (Fsp3) is 1.00. The van der Waals surface area contributed by atoms with Crippen molar-refractivity contribution in [1.29, 1.82) is 0 Å². The molecule has 0 fully saturated rings. The number of rotatable bonds is 4. The zero-order valence-corrected chi connectivity index (χ0v) is 13.1. The van der Waals surface area contributed by atoms with Crippen molar-refractivity contribution in [3.05, 3.63) is 0 Å². The third-order valence-electron chi connectivity index (χ3n) is 1.32. The molecule has 0 atom stereocenters. The van der Waals surface area contributed by atoms with Crippen molar-refractivity contribution in [2.75, 3.05) is 13.2 Å². The Morgan fingerprint density at radius 2 is 1.20 bits per heavy atom. The molecule has 0 aliphatic heterocycles. The Hall–Kier alpha value is 0.829. The van der Waals surface area contributed by atoms with E-state index >= 15 is 0 Å². The van der Waals surface area contributed by atoms with Gasteiger partial charge in [-0.05, 0) is 0 Å². The quantitative estimate of drug-likeness (QED) is 0.641. The molecule has 3 nitrogen and oxygen atoms in total. The van der Waals surface area contributed by atoms with Crippen molar-refractivity contribution in [3.8, 4) is 0 Å². The van der Waals surface area contributed by atoms with Gasteiger partial charge in [0.25, 0.3) is 0 Å². The van der Waals surface area contributed by atoms with Crippen molar-refractivity contribution >= 4 is 21.3 Å². The van der Waals surface area contributed by atoms with Gasteiger partial charge in [0.15, 0.2) is 0 Å². The molecule has 0 aliphatic rings. The van der Waals surface area contributed by atoms with Crippen LogP contribution >= 0.6 is 6.19 Å². The van der Waals surface area contributed by atoms with Crippen LogP contribution in [0.15, 0.2) is 0 Å². The van der Waals surface area contributed by atoms with Gasteiger partial charge in [-0.3, -0.25) is 0 Å². The average Bonchev–Trinajstić information content (AvgIpc) is 1.96. The van der Waals surface area contributed by atoms with Crippen LogP contribution < -0.4 is 0 Å². The molecule has 0 spiro atoms. The zero-order valence-electron chi connectivity index (χ0n) is 10.5. The van der Waals surface area contributed by atoms with Crippen LogP contribution in [0.2, 0.25) is 0 Å². The minimum atomic E-state index is -2.76. The number of hydrogen-bond donors (Lipinski definition) is 1. The van der Waals surface area contributed by atoms with E-state index in [-0.39, 0.29) is 10.8 Å². The van der Waals surface area contributed by atoms with E-state index in [9.17, 15) is 4.89 Å². The van der Waals surface area contributed by atoms with Gasteiger partial charge in [0, 0.05) is 0 Å². The molecule has 0 aliphatic carbocycles. The third kappa shape index (κ3) is 11.1. The van der Waals surface area contributed by atoms with Gasteiger partial charge in [0.2, 0.25) is 0 Å². The SMILES string of the molecule is CC(C)(C)COP(O)(=[Se])OCC(C)(C)C. The first kappa shape index (κ1) is 15.8. The summed E-state index contributed by atoms with van der Waals surface area (Å²) in [7, 11) is 0. The normalized spacial score (nSPS) is 14.3. The van der Waals surface area contributed by atoms with Gasteiger partial charge in [-0.1, -0.05) is 0 Å². The van der Waals surface area contributed by atoms with E-state index < -0.39 is 6.19 Å². The summed E-state index contributed by atoms with van der Waals surface area (Å²) in [5.41, 5.74) is 0.0614. The van der Waals surface area contributed by atoms with Crippen LogP contribution in [0, 0.1) is 10.8 Å². The van der Waals surface area contributed by atoms with E-state index in [1.165, 1.54) is 0 Å². The molecular weight excluding hydrogens is 278 g/mol. The Bertz CT molecular complexity index is 218. The van der Waals surface area contributed by atoms with Crippen molar-refractivity contribution < 1.29 is 13.9 Å². The average molecular weight is 301 g/mol. The summed E-state index contributed by atoms with van der Waals surface area (Å²) >= 11 is 2.62. The molecule has 0 saturated carbocycles. The van der Waals surface area contributed by atoms with Crippen LogP contribution in [-0.4, -0.2) is 33.2 Å². The Morgan fingerprint density at radius 1 is 0.933 bits per heavy atom. The fourth-order valence-electron chi connectivity index (χ4n) is 0.588. The second-order valence-electron chi connectivity index (χ2n) is 6.14. The van der Waals surface area contributed by atoms with Gasteiger partial charge in [-0.25, -0.2) is 0 Å². The molecule has 92 valence electrons. The van der Waals surface area contributed by atoms with Gasteiger partial charge in [-0.15, -0.1) is 0 Å². The third-order valence-corrected chi connectivity index (χ3v) is 3.56. The zero-order chi connectivity index (χ0) is 12.3. The van der Waals surface area contributed by atoms with E-state index in [2.05, 4.69) is 56.6 Å². The van der Waals surface area contributed by atoms with Gasteiger partial charge >= 0.3 is 101 Å². The number of hydrogen-bond acceptors (Lipinski definition) is 3. The summed E-state index contributed by atoms with van der Waals surface area (Å²) in [5.74, 6) is 0. The first-order chi connectivity index (χ1) is 6.41. The Labute approximate surface area is 101 Å². The second-order valence-corrected chi connectivity index (χ2v) is 10.5. The van der Waals surface area contributed by atoms with Crippen LogP contribution in [0.5, 0.6) is 0 Å². The Balaban J connectivity index is 4.04. The van der Waals surface area contributed by atoms with Gasteiger partial charge in [0.1, 0.15) is 0 Å². The molecule has 0 aromatic carbocycles. The molecular formula is C10H23O3PSe. The van der Waals surface area contributed by atoms with Crippen LogP contribution in [0.25, 0.3) is 0 Å². The van der Waals surface area contributed by atoms with Crippen molar-refractivity contribution in [3.63, 3.8) is 0 Å². The predicted molar refractivity (Wildman–Crippen MR) is 65.7 cm³/mol. The first-order valence-corrected chi connectivity index (χ1v) is 8.83. The molecule has 5 heteroatoms. The predicted octanol–water partition coefficient (Wildman–Crippen LogP) is 2.95. The second kappa shape index (κ2) is 5.44. The molecule has 0 heterocycles. The van der Waals surface area contributed by atoms with Gasteiger partial charge in [-0.2, -0.15) is 0 Å². The standard InChI is InChI=1S/C10H23O3PSe/c1-9(2,3)7-12-14(11,15)13-8-10(4,5)6/h7-8H2,1-6H3,(H,11,15). The molecule has 0 rings (SSSR count). The van der Waals surface area contributed by atoms with Crippen LogP contribution in [0.1, 0.15) is 41.5 Å². The summed E-state index contributed by atoms with van der Waals surface area (Å²) in [6, 6.07) is 0. The van der Waals surface area contributed by atoms with Crippen molar-refractivity contribution in [2.24, 2.45) is 10.8 Å². The fourth-order valence-corrected chi connectivity index (χ4v) is 2.43. The maximum atomic E-state index is 9.85. The van der Waals surface area contributed by atoms with Crippen LogP contribution in [-0.2, 0) is 9.05 Å². The Morgan fingerprint density at radius 3 is 1.40 bits per heavy atom. The van der Waals surface area contributed by atoms with Gasteiger partial charge < -0.3 is 0 Å². The van der Waals surface area contributed by atoms with E-state index in [1.54, 1.807) is 0 Å². The molecule has 0 aromatic heterocycles. The molecule has 0 radical (unpaired) electrons. The minimum absolute atomic E-state index is 0.0307. The van der Waals surface area contributed by atoms with Gasteiger partial charge in [0.05, 0.1) is 0 Å². The summed E-state index contributed by atoms with van der Waals surface area (Å²) in [6.07, 6.45) is -2.76. The topological polar surface area (TPSA) is 38.7 Å². The molecule has 0 amide bonds.